The first-order valence-corrected chi connectivity index (χ1v) is 13.0. The largest absolute Gasteiger partial charge is 0.444 e. The molecule has 3 aromatic heterocycles. The van der Waals surface area contributed by atoms with E-state index >= 15 is 0 Å². The summed E-state index contributed by atoms with van der Waals surface area (Å²) in [5.41, 5.74) is 0.871. The third kappa shape index (κ3) is 6.05. The first kappa shape index (κ1) is 26.9. The van der Waals surface area contributed by atoms with E-state index in [-0.39, 0.29) is 34.4 Å². The summed E-state index contributed by atoms with van der Waals surface area (Å²) in [5.74, 6) is 0.939. The minimum absolute atomic E-state index is 0.0118. The van der Waals surface area contributed by atoms with Gasteiger partial charge in [0.1, 0.15) is 16.8 Å². The third-order valence-electron chi connectivity index (χ3n) is 6.47. The molecule has 3 aromatic rings. The fraction of sp³-hybridized carbons (Fsp3) is 0.667. The molecule has 1 aliphatic rings. The smallest absolute Gasteiger partial charge is 0.410 e. The number of H-pyrrole nitrogens is 1. The number of aromatic nitrogens is 5. The van der Waals surface area contributed by atoms with Crippen LogP contribution in [0.4, 0.5) is 4.79 Å². The second-order valence-electron chi connectivity index (χ2n) is 13.4. The number of ether oxygens (including phenoxy) is 1. The first-order chi connectivity index (χ1) is 17.0. The van der Waals surface area contributed by atoms with Gasteiger partial charge in [0.15, 0.2) is 5.82 Å². The lowest BCUT2D eigenvalue weighted by atomic mass is 9.80. The molecular weight excluding hydrogens is 472 g/mol. The highest BCUT2D eigenvalue weighted by Gasteiger charge is 2.38. The van der Waals surface area contributed by atoms with Crippen LogP contribution in [0.25, 0.3) is 17.1 Å². The van der Waals surface area contributed by atoms with Gasteiger partial charge in [-0.2, -0.15) is 10.1 Å². The van der Waals surface area contributed by atoms with Gasteiger partial charge in [0.2, 0.25) is 0 Å². The molecule has 0 spiro atoms. The predicted octanol–water partition coefficient (Wildman–Crippen LogP) is 5.29. The van der Waals surface area contributed by atoms with E-state index in [4.69, 9.17) is 9.26 Å². The van der Waals surface area contributed by atoms with Crippen LogP contribution in [0.2, 0.25) is 0 Å². The Bertz CT molecular complexity index is 1330. The number of piperidine rings is 1. The van der Waals surface area contributed by atoms with Crippen molar-refractivity contribution in [3.8, 4) is 11.5 Å². The Labute approximate surface area is 217 Å². The number of hydrogen-bond acceptors (Lipinski definition) is 7. The van der Waals surface area contributed by atoms with Gasteiger partial charge < -0.3 is 19.1 Å². The third-order valence-corrected chi connectivity index (χ3v) is 6.47. The van der Waals surface area contributed by atoms with Gasteiger partial charge >= 0.3 is 6.09 Å². The minimum atomic E-state index is -0.563. The van der Waals surface area contributed by atoms with Crippen LogP contribution in [-0.2, 0) is 10.2 Å². The van der Waals surface area contributed by atoms with E-state index in [9.17, 15) is 9.59 Å². The summed E-state index contributed by atoms with van der Waals surface area (Å²) < 4.78 is 13.0. The van der Waals surface area contributed by atoms with Gasteiger partial charge in [-0.3, -0.25) is 4.79 Å². The van der Waals surface area contributed by atoms with Gasteiger partial charge in [-0.05, 0) is 45.4 Å². The van der Waals surface area contributed by atoms with Gasteiger partial charge in [0.05, 0.1) is 11.9 Å². The minimum Gasteiger partial charge on any atom is -0.444 e. The van der Waals surface area contributed by atoms with Crippen LogP contribution in [0.1, 0.15) is 99.0 Å². The average molecular weight is 513 g/mol. The molecular formula is C27H40N6O4. The van der Waals surface area contributed by atoms with Crippen LogP contribution in [0, 0.1) is 5.41 Å². The van der Waals surface area contributed by atoms with Crippen molar-refractivity contribution in [2.75, 3.05) is 6.54 Å². The molecule has 10 nitrogen and oxygen atoms in total. The number of nitrogens with zero attached hydrogens (tertiary/aromatic N) is 5. The van der Waals surface area contributed by atoms with Crippen LogP contribution < -0.4 is 5.56 Å². The van der Waals surface area contributed by atoms with Crippen molar-refractivity contribution in [1.82, 2.24) is 29.6 Å². The number of carbonyl (C=O) groups is 1. The Kier molecular flexibility index (Phi) is 6.75. The molecule has 202 valence electrons. The summed E-state index contributed by atoms with van der Waals surface area (Å²) in [6, 6.07) is 1.59. The van der Waals surface area contributed by atoms with Crippen molar-refractivity contribution in [3.63, 3.8) is 0 Å². The van der Waals surface area contributed by atoms with Crippen molar-refractivity contribution in [3.05, 3.63) is 34.1 Å². The molecule has 10 heteroatoms. The van der Waals surface area contributed by atoms with Crippen LogP contribution in [0.5, 0.6) is 0 Å². The Balaban J connectivity index is 1.69. The van der Waals surface area contributed by atoms with Crippen LogP contribution in [-0.4, -0.2) is 53.9 Å². The zero-order chi connectivity index (χ0) is 27.3. The van der Waals surface area contributed by atoms with Crippen LogP contribution >= 0.6 is 0 Å². The Morgan fingerprint density at radius 3 is 2.46 bits per heavy atom. The molecule has 1 fully saturated rings. The zero-order valence-electron chi connectivity index (χ0n) is 23.5. The fourth-order valence-corrected chi connectivity index (χ4v) is 4.88. The number of amides is 1. The number of likely N-dealkylation sites (tertiary alicyclic amines) is 1. The molecule has 0 saturated carbocycles. The molecule has 4 rings (SSSR count). The van der Waals surface area contributed by atoms with Gasteiger partial charge in [0, 0.05) is 30.0 Å². The molecule has 4 heterocycles. The van der Waals surface area contributed by atoms with Crippen molar-refractivity contribution < 1.29 is 14.1 Å². The second-order valence-corrected chi connectivity index (χ2v) is 13.4. The molecule has 0 bridgehead atoms. The van der Waals surface area contributed by atoms with E-state index in [1.54, 1.807) is 16.8 Å². The lowest BCUT2D eigenvalue weighted by Gasteiger charge is -2.42. The molecule has 1 saturated heterocycles. The SMILES string of the molecule is CC(C)(C)CC1CC(c2cc(=O)[nH]c3c(-c4nc(C(C)(C)C)no4)cnn23)CCN1C(=O)OC(C)(C)C. The molecule has 1 amide bonds. The van der Waals surface area contributed by atoms with Gasteiger partial charge in [-0.1, -0.05) is 46.7 Å². The van der Waals surface area contributed by atoms with Crippen LogP contribution in [0.15, 0.2) is 21.6 Å². The summed E-state index contributed by atoms with van der Waals surface area (Å²) >= 11 is 0. The van der Waals surface area contributed by atoms with Gasteiger partial charge in [-0.15, -0.1) is 0 Å². The molecule has 0 radical (unpaired) electrons. The topological polar surface area (TPSA) is 119 Å². The van der Waals surface area contributed by atoms with E-state index in [1.165, 1.54) is 0 Å². The van der Waals surface area contributed by atoms with E-state index < -0.39 is 5.60 Å². The number of fused-ring (bicyclic) bond motifs is 1. The summed E-state index contributed by atoms with van der Waals surface area (Å²) in [4.78, 5) is 35.1. The van der Waals surface area contributed by atoms with Crippen LogP contribution in [0.3, 0.4) is 0 Å². The number of hydrogen-bond donors (Lipinski definition) is 1. The molecule has 2 atom stereocenters. The summed E-state index contributed by atoms with van der Waals surface area (Å²) in [5, 5.41) is 8.71. The zero-order valence-corrected chi connectivity index (χ0v) is 23.5. The number of rotatable bonds is 3. The highest BCUT2D eigenvalue weighted by molar-refractivity contribution is 5.71. The maximum atomic E-state index is 13.1. The molecule has 1 aliphatic heterocycles. The van der Waals surface area contributed by atoms with E-state index in [0.29, 0.717) is 42.3 Å². The predicted molar refractivity (Wildman–Crippen MR) is 141 cm³/mol. The van der Waals surface area contributed by atoms with E-state index in [2.05, 4.69) is 41.0 Å². The molecule has 1 N–H and O–H groups in total. The van der Waals surface area contributed by atoms with Crippen molar-refractivity contribution >= 4 is 11.7 Å². The summed E-state index contributed by atoms with van der Waals surface area (Å²) in [6.45, 7) is 18.7. The maximum Gasteiger partial charge on any atom is 0.410 e. The lowest BCUT2D eigenvalue weighted by molar-refractivity contribution is 0.00259. The monoisotopic (exact) mass is 512 g/mol. The molecule has 0 aliphatic carbocycles. The molecule has 37 heavy (non-hydrogen) atoms. The summed E-state index contributed by atoms with van der Waals surface area (Å²) in [7, 11) is 0. The highest BCUT2D eigenvalue weighted by atomic mass is 16.6. The maximum absolute atomic E-state index is 13.1. The number of nitrogens with one attached hydrogen (secondary N) is 1. The normalized spacial score (nSPS) is 19.4. The second kappa shape index (κ2) is 9.29. The van der Waals surface area contributed by atoms with Gasteiger partial charge in [-0.25, -0.2) is 9.31 Å². The van der Waals surface area contributed by atoms with Gasteiger partial charge in [0.25, 0.3) is 11.4 Å². The van der Waals surface area contributed by atoms with E-state index in [1.807, 2.05) is 46.4 Å². The lowest BCUT2D eigenvalue weighted by Crippen LogP contribution is -2.49. The number of carbonyl (C=O) groups excluding carboxylic acids is 1. The number of aromatic amines is 1. The fourth-order valence-electron chi connectivity index (χ4n) is 4.88. The quantitative estimate of drug-likeness (QED) is 0.506. The Morgan fingerprint density at radius 2 is 1.86 bits per heavy atom. The Morgan fingerprint density at radius 1 is 1.16 bits per heavy atom. The van der Waals surface area contributed by atoms with Crippen molar-refractivity contribution in [2.45, 2.75) is 105 Å². The average Bonchev–Trinajstić information content (AvgIpc) is 3.37. The standard InChI is InChI=1S/C27H40N6O4/c1-25(2,3)14-17-12-16(10-11-32(17)24(35)36-27(7,8)9)19-13-20(34)29-21-18(15-28-33(19)21)22-30-23(31-37-22)26(4,5)6/h13,15-17H,10-12,14H2,1-9H3,(H,29,34). The Hall–Kier alpha value is -3.17. The highest BCUT2D eigenvalue weighted by Crippen LogP contribution is 2.37. The molecule has 0 aromatic carbocycles. The summed E-state index contributed by atoms with van der Waals surface area (Å²) in [6.07, 6.45) is 3.58. The van der Waals surface area contributed by atoms with Crippen molar-refractivity contribution in [2.24, 2.45) is 5.41 Å². The van der Waals surface area contributed by atoms with E-state index in [0.717, 1.165) is 12.1 Å². The molecule has 2 unspecified atom stereocenters. The first-order valence-electron chi connectivity index (χ1n) is 13.0. The van der Waals surface area contributed by atoms with Crippen molar-refractivity contribution in [1.29, 1.82) is 0 Å².